The molecular formula is C20H20FN3O2. The zero-order valence-corrected chi connectivity index (χ0v) is 14.5. The van der Waals surface area contributed by atoms with Gasteiger partial charge in [-0.15, -0.1) is 0 Å². The molecule has 1 aliphatic carbocycles. The lowest BCUT2D eigenvalue weighted by atomic mass is 10.1. The Bertz CT molecular complexity index is 848. The highest BCUT2D eigenvalue weighted by Crippen LogP contribution is 2.29. The highest BCUT2D eigenvalue weighted by molar-refractivity contribution is 5.76. The molecule has 1 aromatic heterocycles. The van der Waals surface area contributed by atoms with E-state index >= 15 is 0 Å². The van der Waals surface area contributed by atoms with Crippen molar-refractivity contribution in [2.45, 2.75) is 38.3 Å². The number of aliphatic hydroxyl groups is 1. The van der Waals surface area contributed by atoms with Crippen molar-refractivity contribution in [1.82, 2.24) is 9.88 Å². The normalized spacial score (nSPS) is 16.6. The van der Waals surface area contributed by atoms with E-state index in [9.17, 15) is 14.3 Å². The van der Waals surface area contributed by atoms with Crippen LogP contribution in [-0.2, 0) is 17.6 Å². The Morgan fingerprint density at radius 2 is 2.19 bits per heavy atom. The van der Waals surface area contributed by atoms with Crippen LogP contribution in [0.3, 0.4) is 0 Å². The van der Waals surface area contributed by atoms with E-state index in [2.05, 4.69) is 4.98 Å². The minimum absolute atomic E-state index is 0.0214. The van der Waals surface area contributed by atoms with Crippen molar-refractivity contribution in [3.63, 3.8) is 0 Å². The summed E-state index contributed by atoms with van der Waals surface area (Å²) in [5.41, 5.74) is 2.37. The molecule has 2 aromatic rings. The number of pyridine rings is 1. The summed E-state index contributed by atoms with van der Waals surface area (Å²) in [6.45, 7) is 1.94. The first-order valence-electron chi connectivity index (χ1n) is 8.62. The van der Waals surface area contributed by atoms with E-state index in [-0.39, 0.29) is 24.1 Å². The standard InChI is InChI=1S/C20H20FN3O2/c1-2-20(26)24(12-19(25)13-4-3-5-23-11-13)17-7-14-6-16(10-22)18(21)9-15(14)8-17/h3-6,9,11,17,19,25H,2,7-8,12H2,1H3/t17?,19-/m1/s1. The first kappa shape index (κ1) is 18.0. The predicted molar refractivity (Wildman–Crippen MR) is 93.5 cm³/mol. The van der Waals surface area contributed by atoms with Crippen molar-refractivity contribution in [3.8, 4) is 6.07 Å². The van der Waals surface area contributed by atoms with Crippen molar-refractivity contribution in [3.05, 3.63) is 64.7 Å². The summed E-state index contributed by atoms with van der Waals surface area (Å²) in [6, 6.07) is 8.16. The van der Waals surface area contributed by atoms with Gasteiger partial charge in [0.15, 0.2) is 0 Å². The largest absolute Gasteiger partial charge is 0.386 e. The zero-order valence-electron chi connectivity index (χ0n) is 14.5. The van der Waals surface area contributed by atoms with Gasteiger partial charge in [0.25, 0.3) is 0 Å². The van der Waals surface area contributed by atoms with Gasteiger partial charge >= 0.3 is 0 Å². The maximum Gasteiger partial charge on any atom is 0.222 e. The van der Waals surface area contributed by atoms with Gasteiger partial charge in [-0.3, -0.25) is 9.78 Å². The van der Waals surface area contributed by atoms with Gasteiger partial charge in [0.05, 0.1) is 18.2 Å². The number of carbonyl (C=O) groups excluding carboxylic acids is 1. The molecule has 0 fully saturated rings. The number of halogens is 1. The summed E-state index contributed by atoms with van der Waals surface area (Å²) in [4.78, 5) is 18.1. The zero-order chi connectivity index (χ0) is 18.7. The number of carbonyl (C=O) groups is 1. The Morgan fingerprint density at radius 3 is 2.81 bits per heavy atom. The fraction of sp³-hybridized carbons (Fsp3) is 0.350. The third-order valence-electron chi connectivity index (χ3n) is 4.82. The van der Waals surface area contributed by atoms with Crippen LogP contribution in [0.25, 0.3) is 0 Å². The van der Waals surface area contributed by atoms with Gasteiger partial charge in [0.1, 0.15) is 11.9 Å². The molecule has 5 nitrogen and oxygen atoms in total. The molecular weight excluding hydrogens is 333 g/mol. The molecule has 26 heavy (non-hydrogen) atoms. The lowest BCUT2D eigenvalue weighted by Crippen LogP contribution is -2.43. The fourth-order valence-corrected chi connectivity index (χ4v) is 3.45. The lowest BCUT2D eigenvalue weighted by molar-refractivity contribution is -0.134. The van der Waals surface area contributed by atoms with Crippen LogP contribution in [-0.4, -0.2) is 33.5 Å². The van der Waals surface area contributed by atoms with Crippen molar-refractivity contribution >= 4 is 5.91 Å². The lowest BCUT2D eigenvalue weighted by Gasteiger charge is -2.31. The number of fused-ring (bicyclic) bond motifs is 1. The second kappa shape index (κ2) is 7.63. The number of amides is 1. The molecule has 0 spiro atoms. The number of aliphatic hydroxyl groups excluding tert-OH is 1. The van der Waals surface area contributed by atoms with Crippen LogP contribution in [0.15, 0.2) is 36.7 Å². The van der Waals surface area contributed by atoms with Crippen LogP contribution in [0.2, 0.25) is 0 Å². The number of rotatable bonds is 5. The van der Waals surface area contributed by atoms with Crippen molar-refractivity contribution in [2.75, 3.05) is 6.54 Å². The van der Waals surface area contributed by atoms with Gasteiger partial charge in [0.2, 0.25) is 5.91 Å². The predicted octanol–water partition coefficient (Wildman–Crippen LogP) is 2.53. The van der Waals surface area contributed by atoms with E-state index in [1.807, 2.05) is 6.07 Å². The molecule has 1 aromatic carbocycles. The number of nitrogens with zero attached hydrogens (tertiary/aromatic N) is 3. The number of benzene rings is 1. The number of aromatic nitrogens is 1. The molecule has 1 aliphatic rings. The third kappa shape index (κ3) is 3.58. The summed E-state index contributed by atoms with van der Waals surface area (Å²) in [5, 5.41) is 19.5. The molecule has 0 saturated carbocycles. The molecule has 0 aliphatic heterocycles. The van der Waals surface area contributed by atoms with E-state index < -0.39 is 11.9 Å². The number of nitriles is 1. The highest BCUT2D eigenvalue weighted by atomic mass is 19.1. The van der Waals surface area contributed by atoms with Crippen LogP contribution in [0.1, 0.15) is 41.7 Å². The molecule has 3 rings (SSSR count). The van der Waals surface area contributed by atoms with E-state index in [1.54, 1.807) is 42.4 Å². The Morgan fingerprint density at radius 1 is 1.46 bits per heavy atom. The average molecular weight is 353 g/mol. The molecule has 1 unspecified atom stereocenters. The third-order valence-corrected chi connectivity index (χ3v) is 4.82. The molecule has 1 amide bonds. The number of hydrogen-bond acceptors (Lipinski definition) is 4. The highest BCUT2D eigenvalue weighted by Gasteiger charge is 2.31. The summed E-state index contributed by atoms with van der Waals surface area (Å²) in [5.74, 6) is -0.595. The fourth-order valence-electron chi connectivity index (χ4n) is 3.45. The number of hydrogen-bond donors (Lipinski definition) is 1. The maximum atomic E-state index is 13.9. The van der Waals surface area contributed by atoms with Gasteiger partial charge in [-0.25, -0.2) is 4.39 Å². The molecule has 0 radical (unpaired) electrons. The summed E-state index contributed by atoms with van der Waals surface area (Å²) in [6.07, 6.45) is 3.76. The van der Waals surface area contributed by atoms with Crippen LogP contribution >= 0.6 is 0 Å². The Labute approximate surface area is 151 Å². The SMILES string of the molecule is CCC(=O)N(C[C@@H](O)c1cccnc1)C1Cc2cc(F)c(C#N)cc2C1. The first-order chi connectivity index (χ1) is 12.5. The molecule has 0 saturated heterocycles. The smallest absolute Gasteiger partial charge is 0.222 e. The van der Waals surface area contributed by atoms with Crippen LogP contribution in [0.4, 0.5) is 4.39 Å². The molecule has 1 N–H and O–H groups in total. The van der Waals surface area contributed by atoms with Crippen molar-refractivity contribution in [2.24, 2.45) is 0 Å². The minimum Gasteiger partial charge on any atom is -0.386 e. The van der Waals surface area contributed by atoms with Gasteiger partial charge in [-0.2, -0.15) is 5.26 Å². The van der Waals surface area contributed by atoms with Gasteiger partial charge in [-0.1, -0.05) is 13.0 Å². The first-order valence-corrected chi connectivity index (χ1v) is 8.62. The second-order valence-electron chi connectivity index (χ2n) is 6.48. The molecule has 2 atom stereocenters. The molecule has 0 bridgehead atoms. The van der Waals surface area contributed by atoms with Crippen LogP contribution in [0, 0.1) is 17.1 Å². The average Bonchev–Trinajstić information content (AvgIpc) is 3.07. The monoisotopic (exact) mass is 353 g/mol. The van der Waals surface area contributed by atoms with Crippen molar-refractivity contribution in [1.29, 1.82) is 5.26 Å². The van der Waals surface area contributed by atoms with Gasteiger partial charge in [-0.05, 0) is 42.2 Å². The summed E-state index contributed by atoms with van der Waals surface area (Å²) >= 11 is 0. The van der Waals surface area contributed by atoms with E-state index in [0.717, 1.165) is 11.1 Å². The quantitative estimate of drug-likeness (QED) is 0.896. The Balaban J connectivity index is 1.81. The molecule has 1 heterocycles. The maximum absolute atomic E-state index is 13.9. The topological polar surface area (TPSA) is 77.2 Å². The van der Waals surface area contributed by atoms with Crippen LogP contribution < -0.4 is 0 Å². The Kier molecular flexibility index (Phi) is 5.29. The van der Waals surface area contributed by atoms with E-state index in [1.165, 1.54) is 6.07 Å². The van der Waals surface area contributed by atoms with Gasteiger partial charge < -0.3 is 10.0 Å². The Hall–Kier alpha value is -2.78. The molecule has 6 heteroatoms. The summed E-state index contributed by atoms with van der Waals surface area (Å²) in [7, 11) is 0. The minimum atomic E-state index is -0.839. The van der Waals surface area contributed by atoms with Crippen molar-refractivity contribution < 1.29 is 14.3 Å². The van der Waals surface area contributed by atoms with Gasteiger partial charge in [0, 0.05) is 30.4 Å². The van der Waals surface area contributed by atoms with Crippen LogP contribution in [0.5, 0.6) is 0 Å². The van der Waals surface area contributed by atoms with E-state index in [4.69, 9.17) is 5.26 Å². The second-order valence-corrected chi connectivity index (χ2v) is 6.48. The molecule has 134 valence electrons. The van der Waals surface area contributed by atoms with E-state index in [0.29, 0.717) is 24.8 Å². The summed E-state index contributed by atoms with van der Waals surface area (Å²) < 4.78 is 13.9.